The molecular weight excluding hydrogens is 440 g/mol. The summed E-state index contributed by atoms with van der Waals surface area (Å²) in [4.78, 5) is 31.2. The van der Waals surface area contributed by atoms with Gasteiger partial charge in [0.1, 0.15) is 0 Å². The Balaban J connectivity index is 1.47. The Labute approximate surface area is 185 Å². The minimum atomic E-state index is -0.770. The number of pyridine rings is 1. The van der Waals surface area contributed by atoms with Crippen LogP contribution in [0.4, 0.5) is 5.69 Å². The Morgan fingerprint density at radius 2 is 1.94 bits per heavy atom. The number of nitro benzene ring substituents is 1. The van der Waals surface area contributed by atoms with Crippen LogP contribution in [0.1, 0.15) is 27.8 Å². The van der Waals surface area contributed by atoms with Crippen LogP contribution < -0.4 is 0 Å². The van der Waals surface area contributed by atoms with Crippen molar-refractivity contribution in [3.8, 4) is 17.2 Å². The molecule has 0 N–H and O–H groups in total. The van der Waals surface area contributed by atoms with Gasteiger partial charge in [0.05, 0.1) is 15.6 Å². The highest BCUT2D eigenvalue weighted by molar-refractivity contribution is 6.33. The van der Waals surface area contributed by atoms with E-state index >= 15 is 0 Å². The number of benzene rings is 1. The lowest BCUT2D eigenvalue weighted by molar-refractivity contribution is -0.384. The lowest BCUT2D eigenvalue weighted by Crippen LogP contribution is -2.11. The fourth-order valence-electron chi connectivity index (χ4n) is 2.91. The van der Waals surface area contributed by atoms with Gasteiger partial charge in [0.15, 0.2) is 18.1 Å². The molecule has 0 radical (unpaired) electrons. The Morgan fingerprint density at radius 3 is 2.59 bits per heavy atom. The number of nitrogens with zero attached hydrogens (tertiary/aromatic N) is 6. The van der Waals surface area contributed by atoms with Crippen LogP contribution in [0.15, 0.2) is 47.0 Å². The molecule has 0 unspecified atom stereocenters. The normalized spacial score (nSPS) is 10.8. The zero-order valence-electron chi connectivity index (χ0n) is 16.9. The Hall–Kier alpha value is -4.12. The molecule has 0 bridgehead atoms. The molecule has 0 aliphatic rings. The molecule has 32 heavy (non-hydrogen) atoms. The minimum Gasteiger partial charge on any atom is -0.451 e. The molecule has 0 aliphatic heterocycles. The molecule has 11 nitrogen and oxygen atoms in total. The van der Waals surface area contributed by atoms with Gasteiger partial charge in [-0.1, -0.05) is 16.8 Å². The van der Waals surface area contributed by atoms with Crippen LogP contribution in [0.2, 0.25) is 5.02 Å². The van der Waals surface area contributed by atoms with Gasteiger partial charge in [-0.05, 0) is 44.2 Å². The number of aryl methyl sites for hydroxylation is 2. The highest BCUT2D eigenvalue weighted by Crippen LogP contribution is 2.21. The Morgan fingerprint density at radius 1 is 1.19 bits per heavy atom. The summed E-state index contributed by atoms with van der Waals surface area (Å²) in [6.07, 6.45) is 0. The van der Waals surface area contributed by atoms with Crippen LogP contribution in [0.3, 0.4) is 0 Å². The second kappa shape index (κ2) is 8.55. The van der Waals surface area contributed by atoms with Gasteiger partial charge in [-0.3, -0.25) is 10.1 Å². The number of rotatable bonds is 6. The molecular formula is C20H15ClN6O5. The van der Waals surface area contributed by atoms with Gasteiger partial charge in [0, 0.05) is 23.4 Å². The van der Waals surface area contributed by atoms with Crippen molar-refractivity contribution in [1.82, 2.24) is 24.9 Å². The largest absolute Gasteiger partial charge is 0.451 e. The standard InChI is InChI=1S/C20H15ClN6O5/c1-11-9-12(2)26(24-11)16-8-7-15(21)18(22-16)20(28)31-10-17-23-19(25-32-17)13-3-5-14(6-4-13)27(29)30/h3-9H,10H2,1-2H3. The van der Waals surface area contributed by atoms with Crippen molar-refractivity contribution in [2.75, 3.05) is 0 Å². The SMILES string of the molecule is Cc1cc(C)n(-c2ccc(Cl)c(C(=O)OCc3nc(-c4ccc([N+](=O)[O-])cc4)no3)n2)n1. The van der Waals surface area contributed by atoms with Crippen molar-refractivity contribution in [2.45, 2.75) is 20.5 Å². The van der Waals surface area contributed by atoms with Crippen molar-refractivity contribution >= 4 is 23.3 Å². The summed E-state index contributed by atoms with van der Waals surface area (Å²) in [7, 11) is 0. The van der Waals surface area contributed by atoms with Crippen LogP contribution in [-0.2, 0) is 11.3 Å². The summed E-state index contributed by atoms with van der Waals surface area (Å²) in [5, 5.41) is 19.0. The number of carbonyl (C=O) groups excluding carboxylic acids is 1. The van der Waals surface area contributed by atoms with Gasteiger partial charge in [-0.2, -0.15) is 10.1 Å². The first kappa shape index (κ1) is 21.1. The predicted octanol–water partition coefficient (Wildman–Crippen LogP) is 3.85. The molecule has 0 saturated heterocycles. The molecule has 0 atom stereocenters. The van der Waals surface area contributed by atoms with Crippen molar-refractivity contribution in [3.05, 3.63) is 80.6 Å². The first-order valence-electron chi connectivity index (χ1n) is 9.26. The minimum absolute atomic E-state index is 0.0394. The van der Waals surface area contributed by atoms with Gasteiger partial charge in [0.2, 0.25) is 5.82 Å². The van der Waals surface area contributed by atoms with Crippen LogP contribution in [0, 0.1) is 24.0 Å². The maximum Gasteiger partial charge on any atom is 0.359 e. The maximum atomic E-state index is 12.5. The lowest BCUT2D eigenvalue weighted by atomic mass is 10.2. The molecule has 4 rings (SSSR count). The molecule has 3 heterocycles. The first-order valence-corrected chi connectivity index (χ1v) is 9.64. The number of aromatic nitrogens is 5. The van der Waals surface area contributed by atoms with E-state index in [1.54, 1.807) is 10.7 Å². The highest BCUT2D eigenvalue weighted by atomic mass is 35.5. The Kier molecular flexibility index (Phi) is 5.65. The molecule has 12 heteroatoms. The number of carbonyl (C=O) groups is 1. The van der Waals surface area contributed by atoms with E-state index in [0.29, 0.717) is 11.4 Å². The van der Waals surface area contributed by atoms with E-state index in [4.69, 9.17) is 20.9 Å². The average Bonchev–Trinajstić information content (AvgIpc) is 3.38. The predicted molar refractivity (Wildman–Crippen MR) is 111 cm³/mol. The summed E-state index contributed by atoms with van der Waals surface area (Å²) in [5.41, 5.74) is 2.04. The van der Waals surface area contributed by atoms with Crippen molar-refractivity contribution < 1.29 is 19.0 Å². The fourth-order valence-corrected chi connectivity index (χ4v) is 3.09. The smallest absolute Gasteiger partial charge is 0.359 e. The number of esters is 1. The van der Waals surface area contributed by atoms with E-state index in [1.165, 1.54) is 30.3 Å². The molecule has 1 aromatic carbocycles. The quantitative estimate of drug-likeness (QED) is 0.241. The maximum absolute atomic E-state index is 12.5. The third-order valence-electron chi connectivity index (χ3n) is 4.38. The third-order valence-corrected chi connectivity index (χ3v) is 4.69. The van der Waals surface area contributed by atoms with E-state index in [2.05, 4.69) is 20.2 Å². The van der Waals surface area contributed by atoms with Crippen molar-refractivity contribution in [3.63, 3.8) is 0 Å². The average molecular weight is 455 g/mol. The van der Waals surface area contributed by atoms with E-state index in [-0.39, 0.29) is 34.7 Å². The first-order chi connectivity index (χ1) is 15.3. The third kappa shape index (κ3) is 4.32. The summed E-state index contributed by atoms with van der Waals surface area (Å²) >= 11 is 6.13. The number of halogens is 1. The molecule has 0 spiro atoms. The van der Waals surface area contributed by atoms with E-state index in [9.17, 15) is 14.9 Å². The van der Waals surface area contributed by atoms with Gasteiger partial charge in [0.25, 0.3) is 11.6 Å². The number of nitro groups is 1. The molecule has 0 amide bonds. The fraction of sp³-hybridized carbons (Fsp3) is 0.150. The molecule has 0 aliphatic carbocycles. The zero-order chi connectivity index (χ0) is 22.8. The van der Waals surface area contributed by atoms with Crippen LogP contribution in [0.25, 0.3) is 17.2 Å². The van der Waals surface area contributed by atoms with Gasteiger partial charge < -0.3 is 9.26 Å². The monoisotopic (exact) mass is 454 g/mol. The summed E-state index contributed by atoms with van der Waals surface area (Å²) in [5.74, 6) is -0.107. The Bertz CT molecular complexity index is 1310. The number of hydrogen-bond donors (Lipinski definition) is 0. The summed E-state index contributed by atoms with van der Waals surface area (Å²) in [6.45, 7) is 3.41. The molecule has 0 fully saturated rings. The summed E-state index contributed by atoms with van der Waals surface area (Å²) in [6, 6.07) is 10.7. The second-order valence-corrected chi connectivity index (χ2v) is 7.14. The van der Waals surface area contributed by atoms with Gasteiger partial charge in [-0.25, -0.2) is 14.5 Å². The van der Waals surface area contributed by atoms with E-state index < -0.39 is 10.9 Å². The summed E-state index contributed by atoms with van der Waals surface area (Å²) < 4.78 is 11.9. The second-order valence-electron chi connectivity index (χ2n) is 6.73. The zero-order valence-corrected chi connectivity index (χ0v) is 17.6. The number of hydrogen-bond acceptors (Lipinski definition) is 9. The van der Waals surface area contributed by atoms with E-state index in [0.717, 1.165) is 11.4 Å². The van der Waals surface area contributed by atoms with E-state index in [1.807, 2.05) is 19.9 Å². The van der Waals surface area contributed by atoms with Crippen LogP contribution >= 0.6 is 11.6 Å². The number of non-ortho nitro benzene ring substituents is 1. The molecule has 4 aromatic rings. The van der Waals surface area contributed by atoms with Crippen molar-refractivity contribution in [2.24, 2.45) is 0 Å². The molecule has 0 saturated carbocycles. The topological polar surface area (TPSA) is 139 Å². The number of ether oxygens (including phenoxy) is 1. The van der Waals surface area contributed by atoms with Crippen molar-refractivity contribution in [1.29, 1.82) is 0 Å². The molecule has 162 valence electrons. The molecule has 3 aromatic heterocycles. The van der Waals surface area contributed by atoms with Gasteiger partial charge in [-0.15, -0.1) is 0 Å². The van der Waals surface area contributed by atoms with Crippen LogP contribution in [0.5, 0.6) is 0 Å². The van der Waals surface area contributed by atoms with Crippen LogP contribution in [-0.4, -0.2) is 35.8 Å². The lowest BCUT2D eigenvalue weighted by Gasteiger charge is -2.07. The highest BCUT2D eigenvalue weighted by Gasteiger charge is 2.19. The van der Waals surface area contributed by atoms with Gasteiger partial charge >= 0.3 is 5.97 Å².